The highest BCUT2D eigenvalue weighted by Gasteiger charge is 2.26. The summed E-state index contributed by atoms with van der Waals surface area (Å²) in [6.07, 6.45) is 5.89. The Bertz CT molecular complexity index is 386. The first kappa shape index (κ1) is 10.9. The SMILES string of the molecule is CC(C)N(CC1CC1)c1cnc(C#N)cn1. The highest BCUT2D eigenvalue weighted by Crippen LogP contribution is 2.31. The smallest absolute Gasteiger partial charge is 0.158 e. The van der Waals surface area contributed by atoms with Gasteiger partial charge in [0.05, 0.1) is 12.4 Å². The van der Waals surface area contributed by atoms with Crippen LogP contribution in [0.2, 0.25) is 0 Å². The molecule has 0 amide bonds. The van der Waals surface area contributed by atoms with Gasteiger partial charge in [0.1, 0.15) is 11.9 Å². The van der Waals surface area contributed by atoms with E-state index >= 15 is 0 Å². The Labute approximate surface area is 95.9 Å². The standard InChI is InChI=1S/C12H16N4/c1-9(2)16(8-10-3-4-10)12-7-14-11(5-13)6-15-12/h6-7,9-10H,3-4,8H2,1-2H3. The van der Waals surface area contributed by atoms with Crippen molar-refractivity contribution in [3.63, 3.8) is 0 Å². The summed E-state index contributed by atoms with van der Waals surface area (Å²) in [6, 6.07) is 2.40. The average molecular weight is 216 g/mol. The van der Waals surface area contributed by atoms with Crippen LogP contribution < -0.4 is 4.90 Å². The van der Waals surface area contributed by atoms with Gasteiger partial charge in [0, 0.05) is 12.6 Å². The molecule has 1 aliphatic rings. The van der Waals surface area contributed by atoms with E-state index in [9.17, 15) is 0 Å². The van der Waals surface area contributed by atoms with Gasteiger partial charge in [0.15, 0.2) is 5.69 Å². The quantitative estimate of drug-likeness (QED) is 0.772. The Balaban J connectivity index is 2.13. The van der Waals surface area contributed by atoms with Gasteiger partial charge in [-0.2, -0.15) is 5.26 Å². The molecule has 84 valence electrons. The van der Waals surface area contributed by atoms with E-state index in [2.05, 4.69) is 28.7 Å². The third-order valence-electron chi connectivity index (χ3n) is 2.82. The molecule has 0 radical (unpaired) electrons. The lowest BCUT2D eigenvalue weighted by atomic mass is 10.2. The third kappa shape index (κ3) is 2.48. The van der Waals surface area contributed by atoms with E-state index in [0.29, 0.717) is 11.7 Å². The van der Waals surface area contributed by atoms with Crippen LogP contribution >= 0.6 is 0 Å². The summed E-state index contributed by atoms with van der Waals surface area (Å²) in [7, 11) is 0. The topological polar surface area (TPSA) is 52.8 Å². The fourth-order valence-electron chi connectivity index (χ4n) is 1.67. The highest BCUT2D eigenvalue weighted by atomic mass is 15.2. The van der Waals surface area contributed by atoms with Crippen molar-refractivity contribution >= 4 is 5.82 Å². The molecule has 4 heteroatoms. The molecule has 16 heavy (non-hydrogen) atoms. The van der Waals surface area contributed by atoms with Crippen molar-refractivity contribution in [1.82, 2.24) is 9.97 Å². The lowest BCUT2D eigenvalue weighted by Gasteiger charge is -2.27. The molecule has 1 saturated carbocycles. The largest absolute Gasteiger partial charge is 0.353 e. The maximum Gasteiger partial charge on any atom is 0.158 e. The second kappa shape index (κ2) is 4.48. The van der Waals surface area contributed by atoms with Crippen molar-refractivity contribution in [2.75, 3.05) is 11.4 Å². The third-order valence-corrected chi connectivity index (χ3v) is 2.82. The lowest BCUT2D eigenvalue weighted by Crippen LogP contribution is -2.33. The minimum atomic E-state index is 0.374. The van der Waals surface area contributed by atoms with Crippen molar-refractivity contribution < 1.29 is 0 Å². The van der Waals surface area contributed by atoms with Gasteiger partial charge < -0.3 is 4.90 Å². The maximum atomic E-state index is 8.67. The summed E-state index contributed by atoms with van der Waals surface area (Å²) >= 11 is 0. The summed E-state index contributed by atoms with van der Waals surface area (Å²) in [5.41, 5.74) is 0.374. The van der Waals surface area contributed by atoms with Crippen LogP contribution in [-0.2, 0) is 0 Å². The number of anilines is 1. The minimum Gasteiger partial charge on any atom is -0.353 e. The number of hydrogen-bond donors (Lipinski definition) is 0. The fraction of sp³-hybridized carbons (Fsp3) is 0.583. The number of rotatable bonds is 4. The van der Waals surface area contributed by atoms with Crippen LogP contribution in [0.3, 0.4) is 0 Å². The van der Waals surface area contributed by atoms with Gasteiger partial charge in [-0.15, -0.1) is 0 Å². The molecule has 1 aliphatic carbocycles. The van der Waals surface area contributed by atoms with E-state index in [1.807, 2.05) is 6.07 Å². The zero-order valence-electron chi connectivity index (χ0n) is 9.72. The van der Waals surface area contributed by atoms with E-state index in [1.165, 1.54) is 19.0 Å². The number of hydrogen-bond acceptors (Lipinski definition) is 4. The second-order valence-electron chi connectivity index (χ2n) is 4.56. The van der Waals surface area contributed by atoms with Gasteiger partial charge in [0.25, 0.3) is 0 Å². The van der Waals surface area contributed by atoms with Gasteiger partial charge >= 0.3 is 0 Å². The van der Waals surface area contributed by atoms with Crippen LogP contribution in [0, 0.1) is 17.2 Å². The first-order valence-corrected chi connectivity index (χ1v) is 5.69. The van der Waals surface area contributed by atoms with Crippen LogP contribution in [0.15, 0.2) is 12.4 Å². The molecular formula is C12H16N4. The van der Waals surface area contributed by atoms with E-state index in [4.69, 9.17) is 5.26 Å². The fourth-order valence-corrected chi connectivity index (χ4v) is 1.67. The second-order valence-corrected chi connectivity index (χ2v) is 4.56. The molecule has 1 heterocycles. The summed E-state index contributed by atoms with van der Waals surface area (Å²) in [6.45, 7) is 5.36. The van der Waals surface area contributed by atoms with Gasteiger partial charge in [-0.1, -0.05) is 0 Å². The monoisotopic (exact) mass is 216 g/mol. The van der Waals surface area contributed by atoms with Crippen LogP contribution in [-0.4, -0.2) is 22.6 Å². The van der Waals surface area contributed by atoms with E-state index in [-0.39, 0.29) is 0 Å². The summed E-state index contributed by atoms with van der Waals surface area (Å²) < 4.78 is 0. The molecule has 0 atom stereocenters. The first-order chi connectivity index (χ1) is 7.70. The Kier molecular flexibility index (Phi) is 3.04. The van der Waals surface area contributed by atoms with Crippen LogP contribution in [0.25, 0.3) is 0 Å². The first-order valence-electron chi connectivity index (χ1n) is 5.69. The molecule has 0 saturated heterocycles. The van der Waals surface area contributed by atoms with Crippen molar-refractivity contribution in [1.29, 1.82) is 5.26 Å². The van der Waals surface area contributed by atoms with Crippen LogP contribution in [0.1, 0.15) is 32.4 Å². The average Bonchev–Trinajstić information content (AvgIpc) is 3.09. The zero-order valence-corrected chi connectivity index (χ0v) is 9.72. The molecule has 0 spiro atoms. The molecule has 4 nitrogen and oxygen atoms in total. The van der Waals surface area contributed by atoms with Gasteiger partial charge in [-0.05, 0) is 32.6 Å². The van der Waals surface area contributed by atoms with E-state index < -0.39 is 0 Å². The molecule has 1 aromatic rings. The zero-order chi connectivity index (χ0) is 11.5. The van der Waals surface area contributed by atoms with Gasteiger partial charge in [0.2, 0.25) is 0 Å². The van der Waals surface area contributed by atoms with Crippen molar-refractivity contribution in [3.05, 3.63) is 18.1 Å². The lowest BCUT2D eigenvalue weighted by molar-refractivity contribution is 0.635. The van der Waals surface area contributed by atoms with Crippen molar-refractivity contribution in [2.45, 2.75) is 32.7 Å². The van der Waals surface area contributed by atoms with Crippen molar-refractivity contribution in [3.8, 4) is 6.07 Å². The minimum absolute atomic E-state index is 0.374. The molecule has 0 bridgehead atoms. The van der Waals surface area contributed by atoms with Crippen LogP contribution in [0.5, 0.6) is 0 Å². The predicted molar refractivity (Wildman–Crippen MR) is 62.0 cm³/mol. The molecular weight excluding hydrogens is 200 g/mol. The summed E-state index contributed by atoms with van der Waals surface area (Å²) in [5.74, 6) is 1.70. The molecule has 2 rings (SSSR count). The number of aromatic nitrogens is 2. The van der Waals surface area contributed by atoms with E-state index in [0.717, 1.165) is 18.3 Å². The molecule has 1 fully saturated rings. The molecule has 0 aromatic carbocycles. The maximum absolute atomic E-state index is 8.67. The van der Waals surface area contributed by atoms with Gasteiger partial charge in [-0.3, -0.25) is 0 Å². The molecule has 0 N–H and O–H groups in total. The number of nitrogens with zero attached hydrogens (tertiary/aromatic N) is 4. The predicted octanol–water partition coefficient (Wildman–Crippen LogP) is 1.97. The molecule has 1 aromatic heterocycles. The number of nitriles is 1. The Morgan fingerprint density at radius 3 is 2.62 bits per heavy atom. The molecule has 0 aliphatic heterocycles. The Morgan fingerprint density at radius 1 is 1.44 bits per heavy atom. The van der Waals surface area contributed by atoms with Crippen LogP contribution in [0.4, 0.5) is 5.82 Å². The van der Waals surface area contributed by atoms with Crippen molar-refractivity contribution in [2.24, 2.45) is 5.92 Å². The Morgan fingerprint density at radius 2 is 2.19 bits per heavy atom. The van der Waals surface area contributed by atoms with E-state index in [1.54, 1.807) is 6.20 Å². The Hall–Kier alpha value is -1.63. The molecule has 0 unspecified atom stereocenters. The summed E-state index contributed by atoms with van der Waals surface area (Å²) in [4.78, 5) is 10.6. The normalized spacial score (nSPS) is 14.9. The summed E-state index contributed by atoms with van der Waals surface area (Å²) in [5, 5.41) is 8.67. The van der Waals surface area contributed by atoms with Gasteiger partial charge in [-0.25, -0.2) is 9.97 Å². The highest BCUT2D eigenvalue weighted by molar-refractivity contribution is 5.38.